The lowest BCUT2D eigenvalue weighted by Gasteiger charge is -2.13. The number of nitrogens with zero attached hydrogens (tertiary/aromatic N) is 1. The standard InChI is InChI=1S/C19H16BrNO5/c1-25-18-10-12(15(20)11-17(18)23)5-6-16(22)13-3-2-4-14(9-13)21-7-8-26-19(21)24/h2-6,9-11,23H,7-8H2,1H3/b6-5-. The van der Waals surface area contributed by atoms with E-state index in [9.17, 15) is 14.7 Å². The molecule has 1 amide bonds. The third kappa shape index (κ3) is 3.72. The number of amides is 1. The molecule has 2 aromatic rings. The summed E-state index contributed by atoms with van der Waals surface area (Å²) in [4.78, 5) is 25.6. The number of rotatable bonds is 5. The number of hydrogen-bond acceptors (Lipinski definition) is 5. The highest BCUT2D eigenvalue weighted by Crippen LogP contribution is 2.33. The van der Waals surface area contributed by atoms with Crippen molar-refractivity contribution in [2.24, 2.45) is 0 Å². The van der Waals surface area contributed by atoms with Crippen molar-refractivity contribution >= 4 is 39.6 Å². The monoisotopic (exact) mass is 417 g/mol. The minimum atomic E-state index is -0.412. The molecular weight excluding hydrogens is 402 g/mol. The molecule has 1 aliphatic heterocycles. The van der Waals surface area contributed by atoms with Gasteiger partial charge in [0.2, 0.25) is 0 Å². The van der Waals surface area contributed by atoms with Crippen LogP contribution in [0.4, 0.5) is 10.5 Å². The van der Waals surface area contributed by atoms with Gasteiger partial charge in [0.25, 0.3) is 0 Å². The second kappa shape index (κ2) is 7.61. The van der Waals surface area contributed by atoms with Crippen molar-refractivity contribution < 1.29 is 24.2 Å². The fourth-order valence-corrected chi connectivity index (χ4v) is 3.03. The van der Waals surface area contributed by atoms with Crippen LogP contribution < -0.4 is 9.64 Å². The summed E-state index contributed by atoms with van der Waals surface area (Å²) in [5.41, 5.74) is 1.77. The normalized spacial score (nSPS) is 13.9. The van der Waals surface area contributed by atoms with Crippen molar-refractivity contribution in [3.8, 4) is 11.5 Å². The Morgan fingerprint density at radius 2 is 2.15 bits per heavy atom. The Balaban J connectivity index is 1.82. The molecule has 1 fully saturated rings. The molecule has 1 aliphatic rings. The molecular formula is C19H16BrNO5. The van der Waals surface area contributed by atoms with E-state index in [1.165, 1.54) is 24.2 Å². The zero-order chi connectivity index (χ0) is 18.7. The molecule has 0 spiro atoms. The van der Waals surface area contributed by atoms with E-state index in [2.05, 4.69) is 15.9 Å². The minimum absolute atomic E-state index is 0.00746. The number of anilines is 1. The number of aromatic hydroxyl groups is 1. The molecule has 0 aliphatic carbocycles. The summed E-state index contributed by atoms with van der Waals surface area (Å²) in [6, 6.07) is 9.95. The number of allylic oxidation sites excluding steroid dienone is 1. The van der Waals surface area contributed by atoms with Crippen LogP contribution >= 0.6 is 15.9 Å². The van der Waals surface area contributed by atoms with Crippen LogP contribution in [0.1, 0.15) is 15.9 Å². The molecule has 1 N–H and O–H groups in total. The molecule has 134 valence electrons. The Morgan fingerprint density at radius 1 is 1.35 bits per heavy atom. The molecule has 26 heavy (non-hydrogen) atoms. The summed E-state index contributed by atoms with van der Waals surface area (Å²) in [6.07, 6.45) is 2.65. The van der Waals surface area contributed by atoms with Gasteiger partial charge in [-0.1, -0.05) is 28.1 Å². The number of cyclic esters (lactones) is 1. The second-order valence-corrected chi connectivity index (χ2v) is 6.41. The smallest absolute Gasteiger partial charge is 0.414 e. The van der Waals surface area contributed by atoms with Gasteiger partial charge in [0.15, 0.2) is 17.3 Å². The van der Waals surface area contributed by atoms with E-state index in [1.54, 1.807) is 36.4 Å². The zero-order valence-corrected chi connectivity index (χ0v) is 15.5. The fraction of sp³-hybridized carbons (Fsp3) is 0.158. The lowest BCUT2D eigenvalue weighted by Crippen LogP contribution is -2.23. The van der Waals surface area contributed by atoms with Gasteiger partial charge in [-0.25, -0.2) is 4.79 Å². The zero-order valence-electron chi connectivity index (χ0n) is 13.9. The first-order valence-electron chi connectivity index (χ1n) is 7.83. The summed E-state index contributed by atoms with van der Waals surface area (Å²) in [7, 11) is 1.45. The number of methoxy groups -OCH3 is 1. The van der Waals surface area contributed by atoms with E-state index in [-0.39, 0.29) is 11.5 Å². The summed E-state index contributed by atoms with van der Waals surface area (Å²) in [5.74, 6) is 0.112. The molecule has 0 atom stereocenters. The van der Waals surface area contributed by atoms with Gasteiger partial charge in [-0.3, -0.25) is 9.69 Å². The quantitative estimate of drug-likeness (QED) is 0.587. The van der Waals surface area contributed by atoms with Crippen molar-refractivity contribution in [3.05, 3.63) is 58.1 Å². The van der Waals surface area contributed by atoms with Gasteiger partial charge in [-0.2, -0.15) is 0 Å². The molecule has 1 saturated heterocycles. The van der Waals surface area contributed by atoms with Crippen LogP contribution in [0.25, 0.3) is 6.08 Å². The molecule has 0 unspecified atom stereocenters. The molecule has 2 aromatic carbocycles. The van der Waals surface area contributed by atoms with Gasteiger partial charge in [-0.15, -0.1) is 0 Å². The van der Waals surface area contributed by atoms with Crippen molar-refractivity contribution in [1.29, 1.82) is 0 Å². The maximum Gasteiger partial charge on any atom is 0.414 e. The first-order chi connectivity index (χ1) is 12.5. The van der Waals surface area contributed by atoms with Crippen molar-refractivity contribution in [2.75, 3.05) is 25.2 Å². The Labute approximate surface area is 158 Å². The molecule has 3 rings (SSSR count). The Bertz CT molecular complexity index is 893. The van der Waals surface area contributed by atoms with Gasteiger partial charge < -0.3 is 14.6 Å². The Kier molecular flexibility index (Phi) is 5.27. The predicted molar refractivity (Wildman–Crippen MR) is 101 cm³/mol. The van der Waals surface area contributed by atoms with Crippen LogP contribution in [0.2, 0.25) is 0 Å². The van der Waals surface area contributed by atoms with E-state index in [0.717, 1.165) is 0 Å². The van der Waals surface area contributed by atoms with Crippen molar-refractivity contribution in [2.45, 2.75) is 0 Å². The fourth-order valence-electron chi connectivity index (χ4n) is 2.57. The predicted octanol–water partition coefficient (Wildman–Crippen LogP) is 4.02. The highest BCUT2D eigenvalue weighted by molar-refractivity contribution is 9.10. The average Bonchev–Trinajstić information content (AvgIpc) is 3.07. The number of carbonyl (C=O) groups is 2. The molecule has 0 bridgehead atoms. The van der Waals surface area contributed by atoms with Gasteiger partial charge >= 0.3 is 6.09 Å². The van der Waals surface area contributed by atoms with Crippen LogP contribution in [-0.4, -0.2) is 37.2 Å². The second-order valence-electron chi connectivity index (χ2n) is 5.56. The van der Waals surface area contributed by atoms with Crippen LogP contribution in [0.15, 0.2) is 46.9 Å². The van der Waals surface area contributed by atoms with Crippen LogP contribution in [0, 0.1) is 0 Å². The molecule has 1 heterocycles. The molecule has 7 heteroatoms. The summed E-state index contributed by atoms with van der Waals surface area (Å²) < 4.78 is 10.6. The Hall–Kier alpha value is -2.80. The third-order valence-corrected chi connectivity index (χ3v) is 4.60. The number of benzene rings is 2. The van der Waals surface area contributed by atoms with Crippen molar-refractivity contribution in [1.82, 2.24) is 0 Å². The third-order valence-electron chi connectivity index (χ3n) is 3.92. The van der Waals surface area contributed by atoms with E-state index in [0.29, 0.717) is 40.2 Å². The molecule has 6 nitrogen and oxygen atoms in total. The molecule has 0 aromatic heterocycles. The highest BCUT2D eigenvalue weighted by atomic mass is 79.9. The van der Waals surface area contributed by atoms with Gasteiger partial charge in [0.05, 0.1) is 13.7 Å². The number of ketones is 1. The summed E-state index contributed by atoms with van der Waals surface area (Å²) >= 11 is 3.34. The number of phenols is 1. The van der Waals surface area contributed by atoms with Crippen LogP contribution in [0.5, 0.6) is 11.5 Å². The topological polar surface area (TPSA) is 76.1 Å². The first kappa shape index (κ1) is 18.0. The maximum absolute atomic E-state index is 12.5. The molecule has 0 saturated carbocycles. The number of ether oxygens (including phenoxy) is 2. The van der Waals surface area contributed by atoms with E-state index in [4.69, 9.17) is 9.47 Å². The van der Waals surface area contributed by atoms with Gasteiger partial charge in [0, 0.05) is 15.7 Å². The van der Waals surface area contributed by atoms with Crippen molar-refractivity contribution in [3.63, 3.8) is 0 Å². The van der Waals surface area contributed by atoms with Crippen LogP contribution in [-0.2, 0) is 4.74 Å². The number of halogens is 1. The first-order valence-corrected chi connectivity index (χ1v) is 8.62. The lowest BCUT2D eigenvalue weighted by molar-refractivity contribution is 0.104. The van der Waals surface area contributed by atoms with Gasteiger partial charge in [0.1, 0.15) is 6.61 Å². The van der Waals surface area contributed by atoms with E-state index >= 15 is 0 Å². The van der Waals surface area contributed by atoms with E-state index in [1.807, 2.05) is 0 Å². The van der Waals surface area contributed by atoms with E-state index < -0.39 is 6.09 Å². The minimum Gasteiger partial charge on any atom is -0.504 e. The molecule has 0 radical (unpaired) electrons. The van der Waals surface area contributed by atoms with Crippen LogP contribution in [0.3, 0.4) is 0 Å². The number of phenolic OH excluding ortho intramolecular Hbond substituents is 1. The maximum atomic E-state index is 12.5. The lowest BCUT2D eigenvalue weighted by atomic mass is 10.1. The highest BCUT2D eigenvalue weighted by Gasteiger charge is 2.23. The van der Waals surface area contributed by atoms with Gasteiger partial charge in [-0.05, 0) is 42.0 Å². The summed E-state index contributed by atoms with van der Waals surface area (Å²) in [5, 5.41) is 9.74. The number of carbonyl (C=O) groups excluding carboxylic acids is 2. The number of hydrogen-bond donors (Lipinski definition) is 1. The summed E-state index contributed by atoms with van der Waals surface area (Å²) in [6.45, 7) is 0.806. The average molecular weight is 418 g/mol. The SMILES string of the molecule is COc1cc(/C=C\C(=O)c2cccc(N3CCOC3=O)c2)c(Br)cc1O. The Morgan fingerprint density at radius 3 is 2.85 bits per heavy atom. The largest absolute Gasteiger partial charge is 0.504 e.